The predicted molar refractivity (Wildman–Crippen MR) is 579 cm³/mol. The second kappa shape index (κ2) is 30.4. The Kier molecular flexibility index (Phi) is 17.7. The normalized spacial score (nSPS) is 13.1. The Hall–Kier alpha value is -16.7. The number of rotatable bonds is 11. The largest absolute Gasteiger partial charge is 0.310 e. The lowest BCUT2D eigenvalue weighted by Crippen LogP contribution is -2.67. The van der Waals surface area contributed by atoms with Gasteiger partial charge in [0, 0.05) is 106 Å². The van der Waals surface area contributed by atoms with Gasteiger partial charge in [-0.05, 0) is 182 Å². The lowest BCUT2D eigenvalue weighted by molar-refractivity contribution is 0.590. The zero-order valence-electron chi connectivity index (χ0n) is 76.6. The van der Waals surface area contributed by atoms with Gasteiger partial charge in [-0.2, -0.15) is 0 Å². The van der Waals surface area contributed by atoms with Crippen LogP contribution in [0.4, 0.5) is 68.2 Å². The summed E-state index contributed by atoms with van der Waals surface area (Å²) < 4.78 is 5.31. The van der Waals surface area contributed by atoms with Gasteiger partial charge in [0.25, 0.3) is 13.4 Å². The Labute approximate surface area is 793 Å². The Morgan fingerprint density at radius 3 is 0.875 bits per heavy atom. The summed E-state index contributed by atoms with van der Waals surface area (Å²) in [7, 11) is 0. The summed E-state index contributed by atoms with van der Waals surface area (Å²) in [6.07, 6.45) is 0. The molecule has 0 aliphatic carbocycles. The van der Waals surface area contributed by atoms with E-state index >= 15 is 0 Å². The summed E-state index contributed by atoms with van der Waals surface area (Å²) in [4.78, 5) is 11.3. The van der Waals surface area contributed by atoms with Crippen molar-refractivity contribution in [2.75, 3.05) is 19.6 Å². The SMILES string of the molecule is CC(C)(C)c1cc2c3c(c1)N(c1c(-c4ccccc4)cccc1-c1ccccc1)c1cc4c(c5c1B3c1c(cc(-n3c6ccccc6c6ccccc63)cc1N2c1c(-c2ccccc2)cccc1-c1ccccc1)N5c1ccccc1)N(c1c(-c2ccccc2)cccc1-c1ccccc1)c1cc(C(C)(C)C)cc2c1B4c1cccc3c4ccccc4c4ccccc4c4ccccc4n-2c13. The van der Waals surface area contributed by atoms with Crippen LogP contribution in [0.3, 0.4) is 0 Å². The Morgan fingerprint density at radius 2 is 0.471 bits per heavy atom. The van der Waals surface area contributed by atoms with Crippen molar-refractivity contribution in [2.24, 2.45) is 0 Å². The van der Waals surface area contributed by atoms with Crippen molar-refractivity contribution in [3.05, 3.63) is 460 Å². The molecule has 22 aromatic rings. The molecule has 0 spiro atoms. The van der Waals surface area contributed by atoms with Gasteiger partial charge in [0.2, 0.25) is 0 Å². The number of fused-ring (bicyclic) bond motifs is 15. The molecule has 5 aliphatic rings. The molecular weight excluding hydrogens is 1640 g/mol. The summed E-state index contributed by atoms with van der Waals surface area (Å²) in [5.74, 6) is 0. The highest BCUT2D eigenvalue weighted by molar-refractivity contribution is 7.04. The summed E-state index contributed by atoms with van der Waals surface area (Å²) >= 11 is 0. The van der Waals surface area contributed by atoms with Gasteiger partial charge < -0.3 is 28.7 Å². The minimum atomic E-state index is -0.457. The van der Waals surface area contributed by atoms with Crippen LogP contribution in [-0.2, 0) is 10.8 Å². The van der Waals surface area contributed by atoms with E-state index in [4.69, 9.17) is 0 Å². The number of hydrogen-bond acceptors (Lipinski definition) is 4. The summed E-state index contributed by atoms with van der Waals surface area (Å²) in [5, 5.41) is 9.45. The second-order valence-corrected chi connectivity index (χ2v) is 39.3. The van der Waals surface area contributed by atoms with E-state index < -0.39 is 24.3 Å². The molecule has 0 saturated carbocycles. The van der Waals surface area contributed by atoms with Crippen molar-refractivity contribution in [1.82, 2.24) is 9.13 Å². The maximum Gasteiger partial charge on any atom is 0.257 e. The summed E-state index contributed by atoms with van der Waals surface area (Å²) in [6.45, 7) is 13.6. The molecule has 0 bridgehead atoms. The highest BCUT2D eigenvalue weighted by Crippen LogP contribution is 2.62. The molecule has 7 heterocycles. The van der Waals surface area contributed by atoms with E-state index in [1.54, 1.807) is 0 Å². The smallest absolute Gasteiger partial charge is 0.257 e. The van der Waals surface area contributed by atoms with Crippen LogP contribution in [0, 0.1) is 0 Å². The topological polar surface area (TPSA) is 22.8 Å². The molecule has 20 aromatic carbocycles. The fraction of sp³-hybridized carbons (Fsp3) is 0.0625. The minimum absolute atomic E-state index is 0.409. The molecule has 6 nitrogen and oxygen atoms in total. The van der Waals surface area contributed by atoms with Crippen LogP contribution in [0.25, 0.3) is 143 Å². The van der Waals surface area contributed by atoms with E-state index in [1.165, 1.54) is 81.6 Å². The standard InChI is InChI=1S/C128H92B2N6/c1-127(2,3)87-75-111-118-112(76-87)135(122-93(83-46-18-9-19-47-83)65-39-66-94(122)84-48-20-10-21-49-84)116-80-106-125(126-120(116)130(118)119-114(132(126)89-54-26-13-27-55-89)78-90(131-107-71-35-33-61-102(107)103-62-34-36-72-108(103)131)79-115(119)134(111)121-91(81-42-14-7-15-43-81)63-38-64-92(121)82-44-16-8-17-45-82)136(123-95(85-50-22-11-23-51-85)67-40-68-96(123)86-52-24-12-25-53-86)113-77-88(128(4,5)6)74-110-117(113)129(106)105-70-41-69-104-100-59-31-29-57-98(100)97-56-28-30-58-99(97)101-60-32-37-73-109(101)133(110)124(104)105/h7-80H,1-6H3. The van der Waals surface area contributed by atoms with Crippen LogP contribution in [-0.4, -0.2) is 22.6 Å². The van der Waals surface area contributed by atoms with Crippen molar-refractivity contribution in [3.8, 4) is 78.1 Å². The highest BCUT2D eigenvalue weighted by Gasteiger charge is 2.56. The van der Waals surface area contributed by atoms with Crippen molar-refractivity contribution in [2.45, 2.75) is 52.4 Å². The maximum absolute atomic E-state index is 2.86. The van der Waals surface area contributed by atoms with Crippen LogP contribution in [0.1, 0.15) is 52.7 Å². The molecule has 0 fully saturated rings. The molecule has 0 atom stereocenters. The average Bonchev–Trinajstić information content (AvgIpc) is 0.798. The first-order valence-electron chi connectivity index (χ1n) is 47.8. The van der Waals surface area contributed by atoms with Crippen LogP contribution in [0.5, 0.6) is 0 Å². The molecule has 0 radical (unpaired) electrons. The lowest BCUT2D eigenvalue weighted by Gasteiger charge is -2.53. The molecule has 0 amide bonds. The number of hydrogen-bond donors (Lipinski definition) is 0. The van der Waals surface area contributed by atoms with Gasteiger partial charge in [-0.25, -0.2) is 0 Å². The van der Waals surface area contributed by atoms with Gasteiger partial charge in [-0.3, -0.25) is 0 Å². The van der Waals surface area contributed by atoms with E-state index in [0.29, 0.717) is 0 Å². The number of aromatic nitrogens is 2. The maximum atomic E-state index is 2.86. The van der Waals surface area contributed by atoms with Crippen LogP contribution < -0.4 is 52.4 Å². The third-order valence-corrected chi connectivity index (χ3v) is 29.7. The molecule has 136 heavy (non-hydrogen) atoms. The molecule has 0 saturated heterocycles. The predicted octanol–water partition coefficient (Wildman–Crippen LogP) is 30.4. The molecule has 2 aromatic heterocycles. The third kappa shape index (κ3) is 11.8. The van der Waals surface area contributed by atoms with Gasteiger partial charge in [-0.1, -0.05) is 418 Å². The Bertz CT molecular complexity index is 8590. The van der Waals surface area contributed by atoms with Crippen molar-refractivity contribution >= 4 is 180 Å². The van der Waals surface area contributed by atoms with Crippen LogP contribution in [0.15, 0.2) is 449 Å². The molecular formula is C128H92B2N6. The molecule has 0 N–H and O–H groups in total. The van der Waals surface area contributed by atoms with Gasteiger partial charge in [0.1, 0.15) is 0 Å². The zero-order valence-corrected chi connectivity index (χ0v) is 76.6. The Morgan fingerprint density at radius 1 is 0.184 bits per heavy atom. The number of nitrogens with zero attached hydrogens (tertiary/aromatic N) is 6. The average molecular weight is 1740 g/mol. The first-order valence-corrected chi connectivity index (χ1v) is 47.8. The van der Waals surface area contributed by atoms with E-state index in [2.05, 4.69) is 519 Å². The van der Waals surface area contributed by atoms with Crippen LogP contribution in [0.2, 0.25) is 0 Å². The first kappa shape index (κ1) is 79.1. The number of para-hydroxylation sites is 8. The first-order chi connectivity index (χ1) is 66.9. The van der Waals surface area contributed by atoms with E-state index in [0.717, 1.165) is 174 Å². The van der Waals surface area contributed by atoms with Crippen LogP contribution >= 0.6 is 0 Å². The Balaban J connectivity index is 0.924. The molecule has 5 aliphatic heterocycles. The van der Waals surface area contributed by atoms with E-state index in [9.17, 15) is 0 Å². The fourth-order valence-electron chi connectivity index (χ4n) is 23.7. The van der Waals surface area contributed by atoms with Crippen molar-refractivity contribution < 1.29 is 0 Å². The zero-order chi connectivity index (χ0) is 90.5. The van der Waals surface area contributed by atoms with Crippen molar-refractivity contribution in [3.63, 3.8) is 0 Å². The molecule has 0 unspecified atom stereocenters. The van der Waals surface area contributed by atoms with Gasteiger partial charge in [0.05, 0.1) is 50.7 Å². The fourth-order valence-corrected chi connectivity index (χ4v) is 23.7. The van der Waals surface area contributed by atoms with E-state index in [1.807, 2.05) is 0 Å². The second-order valence-electron chi connectivity index (χ2n) is 39.3. The molecule has 640 valence electrons. The van der Waals surface area contributed by atoms with Gasteiger partial charge in [-0.15, -0.1) is 0 Å². The molecule has 27 rings (SSSR count). The van der Waals surface area contributed by atoms with Gasteiger partial charge in [0.15, 0.2) is 0 Å². The quantitative estimate of drug-likeness (QED) is 0.120. The highest BCUT2D eigenvalue weighted by atomic mass is 15.3. The number of benzene rings is 20. The van der Waals surface area contributed by atoms with Crippen molar-refractivity contribution in [1.29, 1.82) is 0 Å². The van der Waals surface area contributed by atoms with E-state index in [-0.39, 0.29) is 0 Å². The summed E-state index contributed by atoms with van der Waals surface area (Å²) in [5.41, 5.74) is 42.1. The number of anilines is 12. The molecule has 8 heteroatoms. The summed E-state index contributed by atoms with van der Waals surface area (Å²) in [6, 6.07) is 172. The monoisotopic (exact) mass is 1730 g/mol. The lowest BCUT2D eigenvalue weighted by atomic mass is 9.30. The minimum Gasteiger partial charge on any atom is -0.310 e. The third-order valence-electron chi connectivity index (χ3n) is 29.7. The van der Waals surface area contributed by atoms with Gasteiger partial charge >= 0.3 is 0 Å².